The molecule has 0 rings (SSSR count). The monoisotopic (exact) mass is 230 g/mol. The molecule has 0 aromatic heterocycles. The fraction of sp³-hybridized carbons (Fsp3) is 0.400. The van der Waals surface area contributed by atoms with Crippen molar-refractivity contribution in [2.45, 2.75) is 20.8 Å². The maximum absolute atomic E-state index is 5.23. The van der Waals surface area contributed by atoms with Crippen molar-refractivity contribution in [2.75, 3.05) is 7.11 Å². The van der Waals surface area contributed by atoms with Gasteiger partial charge in [0.15, 0.2) is 0 Å². The molecule has 0 saturated carbocycles. The second kappa shape index (κ2) is 5.20. The van der Waals surface area contributed by atoms with Gasteiger partial charge in [-0.2, -0.15) is 0 Å². The minimum absolute atomic E-state index is 0.852. The van der Waals surface area contributed by atoms with Gasteiger partial charge in [-0.1, -0.05) is 12.7 Å². The third-order valence-corrected chi connectivity index (χ3v) is 2.61. The molecule has 0 atom stereocenters. The van der Waals surface area contributed by atoms with Crippen molar-refractivity contribution in [3.05, 3.63) is 34.0 Å². The van der Waals surface area contributed by atoms with Crippen LogP contribution in [0.2, 0.25) is 0 Å². The van der Waals surface area contributed by atoms with Gasteiger partial charge in [0.1, 0.15) is 5.76 Å². The van der Waals surface area contributed by atoms with Crippen molar-refractivity contribution in [3.63, 3.8) is 0 Å². The van der Waals surface area contributed by atoms with Crippen LogP contribution >= 0.6 is 15.9 Å². The van der Waals surface area contributed by atoms with Crippen molar-refractivity contribution < 1.29 is 4.74 Å². The number of hydrogen-bond acceptors (Lipinski definition) is 1. The second-order valence-corrected chi connectivity index (χ2v) is 3.39. The smallest absolute Gasteiger partial charge is 0.135 e. The molecule has 0 aliphatic rings. The van der Waals surface area contributed by atoms with E-state index in [2.05, 4.69) is 22.5 Å². The molecule has 0 aromatic rings. The second-order valence-electron chi connectivity index (χ2n) is 2.60. The van der Waals surface area contributed by atoms with Gasteiger partial charge in [0.05, 0.1) is 11.6 Å². The van der Waals surface area contributed by atoms with E-state index in [-0.39, 0.29) is 0 Å². The summed E-state index contributed by atoms with van der Waals surface area (Å²) in [6.45, 7) is 9.75. The van der Waals surface area contributed by atoms with Crippen molar-refractivity contribution in [1.29, 1.82) is 0 Å². The highest BCUT2D eigenvalue weighted by atomic mass is 79.9. The number of ether oxygens (including phenoxy) is 1. The Morgan fingerprint density at radius 1 is 1.42 bits per heavy atom. The van der Waals surface area contributed by atoms with Crippen LogP contribution in [-0.4, -0.2) is 7.11 Å². The van der Waals surface area contributed by atoms with Crippen LogP contribution in [0.1, 0.15) is 20.8 Å². The van der Waals surface area contributed by atoms with E-state index < -0.39 is 0 Å². The molecule has 0 saturated heterocycles. The molecule has 0 aromatic carbocycles. The van der Waals surface area contributed by atoms with Crippen LogP contribution in [0.4, 0.5) is 0 Å². The van der Waals surface area contributed by atoms with Crippen LogP contribution in [0.25, 0.3) is 0 Å². The van der Waals surface area contributed by atoms with Gasteiger partial charge >= 0.3 is 0 Å². The first-order valence-corrected chi connectivity index (χ1v) is 4.56. The molecule has 2 heteroatoms. The van der Waals surface area contributed by atoms with Crippen LogP contribution in [0.3, 0.4) is 0 Å². The Labute approximate surface area is 82.9 Å². The molecule has 0 amide bonds. The molecule has 0 N–H and O–H groups in total. The Hall–Kier alpha value is -0.500. The predicted molar refractivity (Wildman–Crippen MR) is 57.2 cm³/mol. The van der Waals surface area contributed by atoms with Gasteiger partial charge in [0.25, 0.3) is 0 Å². The van der Waals surface area contributed by atoms with E-state index in [1.54, 1.807) is 7.11 Å². The van der Waals surface area contributed by atoms with Gasteiger partial charge in [-0.25, -0.2) is 0 Å². The maximum atomic E-state index is 5.23. The zero-order valence-electron chi connectivity index (χ0n) is 8.07. The number of methoxy groups -OCH3 is 1. The number of allylic oxidation sites excluding steroid dienone is 4. The van der Waals surface area contributed by atoms with Gasteiger partial charge < -0.3 is 4.74 Å². The largest absolute Gasteiger partial charge is 0.495 e. The van der Waals surface area contributed by atoms with Crippen LogP contribution in [0.15, 0.2) is 34.0 Å². The first-order chi connectivity index (χ1) is 5.54. The number of hydrogen-bond donors (Lipinski definition) is 0. The summed E-state index contributed by atoms with van der Waals surface area (Å²) in [5, 5.41) is 0. The van der Waals surface area contributed by atoms with E-state index in [1.807, 2.05) is 26.8 Å². The Balaban J connectivity index is 5.00. The molecule has 0 bridgehead atoms. The minimum Gasteiger partial charge on any atom is -0.495 e. The zero-order valence-corrected chi connectivity index (χ0v) is 9.66. The highest BCUT2D eigenvalue weighted by Crippen LogP contribution is 2.25. The molecule has 0 fully saturated rings. The van der Waals surface area contributed by atoms with Gasteiger partial charge in [-0.05, 0) is 47.8 Å². The normalized spacial score (nSPS) is 13.9. The van der Waals surface area contributed by atoms with Crippen LogP contribution in [-0.2, 0) is 4.74 Å². The fourth-order valence-electron chi connectivity index (χ4n) is 0.749. The average Bonchev–Trinajstić information content (AvgIpc) is 2.05. The summed E-state index contributed by atoms with van der Waals surface area (Å²) in [6, 6.07) is 0. The lowest BCUT2D eigenvalue weighted by molar-refractivity contribution is 0.299. The van der Waals surface area contributed by atoms with Gasteiger partial charge in [-0.3, -0.25) is 0 Å². The number of rotatable bonds is 3. The molecule has 0 spiro atoms. The summed E-state index contributed by atoms with van der Waals surface area (Å²) < 4.78 is 6.16. The zero-order chi connectivity index (χ0) is 9.72. The molecule has 1 nitrogen and oxygen atoms in total. The Morgan fingerprint density at radius 2 is 1.92 bits per heavy atom. The van der Waals surface area contributed by atoms with E-state index in [0.29, 0.717) is 0 Å². The van der Waals surface area contributed by atoms with Crippen LogP contribution in [0.5, 0.6) is 0 Å². The van der Waals surface area contributed by atoms with Gasteiger partial charge in [0, 0.05) is 0 Å². The van der Waals surface area contributed by atoms with Crippen LogP contribution in [0, 0.1) is 0 Å². The molecule has 0 aliphatic heterocycles. The molecular formula is C10H15BrO. The fourth-order valence-corrected chi connectivity index (χ4v) is 1.22. The summed E-state index contributed by atoms with van der Waals surface area (Å²) in [7, 11) is 1.66. The molecule has 12 heavy (non-hydrogen) atoms. The topological polar surface area (TPSA) is 9.23 Å². The van der Waals surface area contributed by atoms with Gasteiger partial charge in [-0.15, -0.1) is 0 Å². The molecule has 0 aliphatic carbocycles. The summed E-state index contributed by atoms with van der Waals surface area (Å²) in [5.74, 6) is 0.852. The highest BCUT2D eigenvalue weighted by molar-refractivity contribution is 9.12. The lowest BCUT2D eigenvalue weighted by Crippen LogP contribution is -1.92. The highest BCUT2D eigenvalue weighted by Gasteiger charge is 2.05. The average molecular weight is 231 g/mol. The van der Waals surface area contributed by atoms with Crippen molar-refractivity contribution in [3.8, 4) is 0 Å². The molecule has 0 unspecified atom stereocenters. The lowest BCUT2D eigenvalue weighted by Gasteiger charge is -2.09. The summed E-state index contributed by atoms with van der Waals surface area (Å²) in [5.41, 5.74) is 2.07. The third kappa shape index (κ3) is 2.86. The summed E-state index contributed by atoms with van der Waals surface area (Å²) >= 11 is 3.42. The van der Waals surface area contributed by atoms with Crippen molar-refractivity contribution >= 4 is 15.9 Å². The van der Waals surface area contributed by atoms with E-state index in [0.717, 1.165) is 21.4 Å². The first kappa shape index (κ1) is 11.5. The standard InChI is InChI=1S/C10H15BrO/c1-6-8(4)10(12-5)9(11)7(2)3/h6H,2H2,1,3-5H3/b8-6-,10-9-. The van der Waals surface area contributed by atoms with E-state index in [4.69, 9.17) is 4.74 Å². The number of halogens is 1. The molecule has 0 heterocycles. The van der Waals surface area contributed by atoms with Crippen molar-refractivity contribution in [2.24, 2.45) is 0 Å². The minimum atomic E-state index is 0.852. The summed E-state index contributed by atoms with van der Waals surface area (Å²) in [6.07, 6.45) is 2.00. The van der Waals surface area contributed by atoms with Crippen LogP contribution < -0.4 is 0 Å². The molecule has 68 valence electrons. The first-order valence-electron chi connectivity index (χ1n) is 3.77. The van der Waals surface area contributed by atoms with Crippen molar-refractivity contribution in [1.82, 2.24) is 0 Å². The third-order valence-electron chi connectivity index (χ3n) is 1.57. The Morgan fingerprint density at radius 3 is 2.17 bits per heavy atom. The van der Waals surface area contributed by atoms with E-state index >= 15 is 0 Å². The maximum Gasteiger partial charge on any atom is 0.135 e. The SMILES string of the molecule is C=C(C)/C(Br)=C(OC)\C(C)=C/C. The lowest BCUT2D eigenvalue weighted by atomic mass is 10.2. The molecule has 0 radical (unpaired) electrons. The predicted octanol–water partition coefficient (Wildman–Crippen LogP) is 3.78. The molecular weight excluding hydrogens is 216 g/mol. The summed E-state index contributed by atoms with van der Waals surface area (Å²) in [4.78, 5) is 0. The van der Waals surface area contributed by atoms with Gasteiger partial charge in [0.2, 0.25) is 0 Å². The Kier molecular flexibility index (Phi) is 4.98. The van der Waals surface area contributed by atoms with E-state index in [9.17, 15) is 0 Å². The van der Waals surface area contributed by atoms with E-state index in [1.165, 1.54) is 0 Å². The Bertz CT molecular complexity index is 236. The quantitative estimate of drug-likeness (QED) is 0.530.